The van der Waals surface area contributed by atoms with E-state index in [1.165, 1.54) is 0 Å². The van der Waals surface area contributed by atoms with Gasteiger partial charge in [0.25, 0.3) is 0 Å². The van der Waals surface area contributed by atoms with E-state index in [1.54, 1.807) is 0 Å². The molecule has 0 radical (unpaired) electrons. The van der Waals surface area contributed by atoms with Gasteiger partial charge in [0.05, 0.1) is 5.01 Å². The van der Waals surface area contributed by atoms with Crippen LogP contribution in [0.2, 0.25) is 0 Å². The van der Waals surface area contributed by atoms with Crippen molar-refractivity contribution in [1.82, 2.24) is 20.1 Å². The minimum absolute atomic E-state index is 0.420. The van der Waals surface area contributed by atoms with E-state index in [4.69, 9.17) is 0 Å². The molecule has 148 valence electrons. The summed E-state index contributed by atoms with van der Waals surface area (Å²) in [6, 6.07) is 0.530. The molecule has 1 aromatic rings. The predicted octanol–water partition coefficient (Wildman–Crippen LogP) is 3.09. The molecule has 0 spiro atoms. The Morgan fingerprint density at radius 1 is 1.38 bits per heavy atom. The van der Waals surface area contributed by atoms with E-state index in [9.17, 15) is 13.2 Å². The number of likely N-dealkylation sites (tertiary alicyclic amines) is 1. The number of hydrogen-bond acceptors (Lipinski definition) is 4. The number of aliphatic imine (C=N–C) groups is 1. The molecular formula is C17H28F3N5S. The summed E-state index contributed by atoms with van der Waals surface area (Å²) in [6.45, 7) is 11.5. The minimum atomic E-state index is -4.37. The van der Waals surface area contributed by atoms with Crippen molar-refractivity contribution < 1.29 is 13.2 Å². The molecule has 0 amide bonds. The van der Waals surface area contributed by atoms with Crippen LogP contribution >= 0.6 is 11.3 Å². The van der Waals surface area contributed by atoms with Gasteiger partial charge < -0.3 is 10.2 Å². The zero-order chi connectivity index (χ0) is 19.2. The van der Waals surface area contributed by atoms with E-state index in [1.807, 2.05) is 6.92 Å². The molecule has 1 aromatic heterocycles. The van der Waals surface area contributed by atoms with Gasteiger partial charge in [-0.05, 0) is 26.4 Å². The Balaban J connectivity index is 1.93. The molecule has 0 saturated carbocycles. The SMILES string of the molecule is CCNC(=NCCc1nc(C(F)(F)F)cs1)N1CCC(N(CC)CC)C1. The third-order valence-electron chi connectivity index (χ3n) is 4.56. The van der Waals surface area contributed by atoms with E-state index >= 15 is 0 Å². The van der Waals surface area contributed by atoms with Crippen LogP contribution in [0.15, 0.2) is 10.4 Å². The Bertz CT molecular complexity index is 583. The van der Waals surface area contributed by atoms with E-state index in [2.05, 4.69) is 38.9 Å². The highest BCUT2D eigenvalue weighted by atomic mass is 32.1. The van der Waals surface area contributed by atoms with E-state index in [0.29, 0.717) is 24.0 Å². The van der Waals surface area contributed by atoms with Crippen LogP contribution in [-0.4, -0.2) is 66.1 Å². The zero-order valence-electron chi connectivity index (χ0n) is 15.6. The fourth-order valence-corrected chi connectivity index (χ4v) is 4.01. The lowest BCUT2D eigenvalue weighted by molar-refractivity contribution is -0.140. The standard InChI is InChI=1S/C17H28F3N5S/c1-4-21-16(25-10-8-13(11-25)24(5-2)6-3)22-9-7-15-23-14(12-26-15)17(18,19)20/h12-13H,4-11H2,1-3H3,(H,21,22). The first-order valence-electron chi connectivity index (χ1n) is 9.17. The van der Waals surface area contributed by atoms with Crippen molar-refractivity contribution >= 4 is 17.3 Å². The molecule has 1 unspecified atom stereocenters. The summed E-state index contributed by atoms with van der Waals surface area (Å²) in [7, 11) is 0. The quantitative estimate of drug-likeness (QED) is 0.573. The number of hydrogen-bond donors (Lipinski definition) is 1. The molecule has 1 saturated heterocycles. The molecule has 1 aliphatic heterocycles. The second-order valence-corrected chi connectivity index (χ2v) is 7.16. The van der Waals surface area contributed by atoms with Gasteiger partial charge >= 0.3 is 6.18 Å². The van der Waals surface area contributed by atoms with Crippen LogP contribution in [0.3, 0.4) is 0 Å². The summed E-state index contributed by atoms with van der Waals surface area (Å²) in [5.74, 6) is 0.842. The summed E-state index contributed by atoms with van der Waals surface area (Å²) >= 11 is 1.04. The molecule has 1 aliphatic rings. The third kappa shape index (κ3) is 5.57. The third-order valence-corrected chi connectivity index (χ3v) is 5.46. The first kappa shape index (κ1) is 21.0. The second kappa shape index (κ2) is 9.55. The van der Waals surface area contributed by atoms with Gasteiger partial charge in [0.2, 0.25) is 0 Å². The second-order valence-electron chi connectivity index (χ2n) is 6.22. The number of rotatable bonds is 7. The van der Waals surface area contributed by atoms with Crippen molar-refractivity contribution in [3.63, 3.8) is 0 Å². The van der Waals surface area contributed by atoms with Gasteiger partial charge in [-0.1, -0.05) is 13.8 Å². The molecule has 26 heavy (non-hydrogen) atoms. The van der Waals surface area contributed by atoms with Gasteiger partial charge in [0, 0.05) is 44.0 Å². The number of nitrogens with one attached hydrogen (secondary N) is 1. The number of likely N-dealkylation sites (N-methyl/N-ethyl adjacent to an activating group) is 1. The van der Waals surface area contributed by atoms with Gasteiger partial charge in [-0.2, -0.15) is 13.2 Å². The molecule has 0 bridgehead atoms. The number of nitrogens with zero attached hydrogens (tertiary/aromatic N) is 4. The maximum Gasteiger partial charge on any atom is 0.434 e. The van der Waals surface area contributed by atoms with Crippen molar-refractivity contribution in [3.8, 4) is 0 Å². The summed E-state index contributed by atoms with van der Waals surface area (Å²) in [4.78, 5) is 13.0. The summed E-state index contributed by atoms with van der Waals surface area (Å²) in [6.07, 6.45) is -2.85. The van der Waals surface area contributed by atoms with Crippen molar-refractivity contribution in [2.24, 2.45) is 4.99 Å². The van der Waals surface area contributed by atoms with Crippen LogP contribution in [-0.2, 0) is 12.6 Å². The molecule has 2 heterocycles. The van der Waals surface area contributed by atoms with Gasteiger partial charge in [-0.25, -0.2) is 4.98 Å². The van der Waals surface area contributed by atoms with Gasteiger partial charge in [0.15, 0.2) is 11.7 Å². The average molecular weight is 392 g/mol. The molecule has 9 heteroatoms. The lowest BCUT2D eigenvalue weighted by Crippen LogP contribution is -2.43. The van der Waals surface area contributed by atoms with E-state index in [-0.39, 0.29) is 0 Å². The lowest BCUT2D eigenvalue weighted by atomic mass is 10.2. The molecule has 1 N–H and O–H groups in total. The highest BCUT2D eigenvalue weighted by Gasteiger charge is 2.33. The average Bonchev–Trinajstić information content (AvgIpc) is 3.24. The number of halogens is 3. The number of aromatic nitrogens is 1. The molecule has 0 aliphatic carbocycles. The largest absolute Gasteiger partial charge is 0.434 e. The van der Waals surface area contributed by atoms with Crippen LogP contribution in [0, 0.1) is 0 Å². The number of guanidine groups is 1. The minimum Gasteiger partial charge on any atom is -0.357 e. The van der Waals surface area contributed by atoms with Crippen LogP contribution in [0.25, 0.3) is 0 Å². The topological polar surface area (TPSA) is 43.8 Å². The van der Waals surface area contributed by atoms with E-state index < -0.39 is 11.9 Å². The normalized spacial score (nSPS) is 18.8. The smallest absolute Gasteiger partial charge is 0.357 e. The lowest BCUT2D eigenvalue weighted by Gasteiger charge is -2.27. The molecule has 1 fully saturated rings. The molecule has 5 nitrogen and oxygen atoms in total. The summed E-state index contributed by atoms with van der Waals surface area (Å²) in [5, 5.41) is 4.84. The van der Waals surface area contributed by atoms with Crippen LogP contribution in [0.4, 0.5) is 13.2 Å². The predicted molar refractivity (Wildman–Crippen MR) is 99.7 cm³/mol. The van der Waals surface area contributed by atoms with Gasteiger partial charge in [0.1, 0.15) is 0 Å². The fraction of sp³-hybridized carbons (Fsp3) is 0.765. The monoisotopic (exact) mass is 391 g/mol. The Morgan fingerprint density at radius 3 is 2.69 bits per heavy atom. The Kier molecular flexibility index (Phi) is 7.69. The van der Waals surface area contributed by atoms with Crippen molar-refractivity contribution in [1.29, 1.82) is 0 Å². The number of alkyl halides is 3. The van der Waals surface area contributed by atoms with Crippen LogP contribution < -0.4 is 5.32 Å². The highest BCUT2D eigenvalue weighted by Crippen LogP contribution is 2.30. The van der Waals surface area contributed by atoms with Gasteiger partial charge in [-0.3, -0.25) is 9.89 Å². The molecule has 1 atom stereocenters. The fourth-order valence-electron chi connectivity index (χ4n) is 3.21. The Labute approximate surface area is 157 Å². The van der Waals surface area contributed by atoms with Crippen molar-refractivity contribution in [2.45, 2.75) is 45.8 Å². The summed E-state index contributed by atoms with van der Waals surface area (Å²) < 4.78 is 37.8. The zero-order valence-corrected chi connectivity index (χ0v) is 16.5. The first-order chi connectivity index (χ1) is 12.4. The molecule has 2 rings (SSSR count). The van der Waals surface area contributed by atoms with E-state index in [0.717, 1.165) is 61.8 Å². The van der Waals surface area contributed by atoms with Crippen molar-refractivity contribution in [3.05, 3.63) is 16.1 Å². The maximum atomic E-state index is 12.6. The van der Waals surface area contributed by atoms with Crippen LogP contribution in [0.1, 0.15) is 37.9 Å². The Morgan fingerprint density at radius 2 is 2.12 bits per heavy atom. The molecule has 0 aromatic carbocycles. The Hall–Kier alpha value is -1.35. The molecular weight excluding hydrogens is 363 g/mol. The van der Waals surface area contributed by atoms with Gasteiger partial charge in [-0.15, -0.1) is 11.3 Å². The van der Waals surface area contributed by atoms with Crippen LogP contribution in [0.5, 0.6) is 0 Å². The highest BCUT2D eigenvalue weighted by molar-refractivity contribution is 7.09. The maximum absolute atomic E-state index is 12.6. The van der Waals surface area contributed by atoms with Crippen molar-refractivity contribution in [2.75, 3.05) is 39.3 Å². The summed E-state index contributed by atoms with van der Waals surface area (Å²) in [5.41, 5.74) is -0.810. The first-order valence-corrected chi connectivity index (χ1v) is 10.1. The number of thiazole rings is 1.